The number of hydrogen-bond acceptors (Lipinski definition) is 4. The first-order chi connectivity index (χ1) is 10.1. The van der Waals surface area contributed by atoms with Crippen LogP contribution < -0.4 is 4.90 Å². The molecule has 1 aliphatic heterocycles. The summed E-state index contributed by atoms with van der Waals surface area (Å²) in [6, 6.07) is 8.46. The van der Waals surface area contributed by atoms with Gasteiger partial charge in [-0.1, -0.05) is 12.1 Å². The van der Waals surface area contributed by atoms with Gasteiger partial charge in [0.15, 0.2) is 0 Å². The quantitative estimate of drug-likeness (QED) is 0.804. The van der Waals surface area contributed by atoms with Gasteiger partial charge < -0.3 is 14.5 Å². The minimum absolute atomic E-state index is 0.183. The van der Waals surface area contributed by atoms with E-state index >= 15 is 0 Å². The van der Waals surface area contributed by atoms with E-state index in [1.54, 1.807) is 25.8 Å². The fourth-order valence-electron chi connectivity index (χ4n) is 2.15. The second-order valence-electron chi connectivity index (χ2n) is 4.74. The maximum absolute atomic E-state index is 11.3. The van der Waals surface area contributed by atoms with E-state index in [0.29, 0.717) is 0 Å². The van der Waals surface area contributed by atoms with Crippen molar-refractivity contribution in [3.05, 3.63) is 24.3 Å². The number of hydrogen-bond donors (Lipinski definition) is 0. The molecule has 0 aliphatic carbocycles. The number of para-hydroxylation sites is 1. The van der Waals surface area contributed by atoms with Gasteiger partial charge in [0.1, 0.15) is 0 Å². The number of amides is 1. The Hall–Kier alpha value is -1.20. The van der Waals surface area contributed by atoms with Crippen molar-refractivity contribution in [3.63, 3.8) is 0 Å². The van der Waals surface area contributed by atoms with Gasteiger partial charge in [-0.05, 0) is 25.3 Å². The van der Waals surface area contributed by atoms with Crippen LogP contribution in [0.3, 0.4) is 0 Å². The Morgan fingerprint density at radius 3 is 2.29 bits per heavy atom. The van der Waals surface area contributed by atoms with Crippen LogP contribution in [-0.4, -0.2) is 57.0 Å². The van der Waals surface area contributed by atoms with Crippen molar-refractivity contribution in [3.8, 4) is 0 Å². The van der Waals surface area contributed by atoms with E-state index in [1.807, 2.05) is 11.8 Å². The second kappa shape index (κ2) is 9.68. The fraction of sp³-hybridized carbons (Fsp3) is 0.562. The number of thioether (sulfide) groups is 1. The Balaban J connectivity index is 0.000000491. The predicted molar refractivity (Wildman–Crippen MR) is 90.2 cm³/mol. The average molecular weight is 310 g/mol. The molecule has 1 saturated heterocycles. The summed E-state index contributed by atoms with van der Waals surface area (Å²) in [5, 5.41) is 0. The summed E-state index contributed by atoms with van der Waals surface area (Å²) in [5.74, 6) is 0.183. The molecule has 0 radical (unpaired) electrons. The third kappa shape index (κ3) is 5.59. The van der Waals surface area contributed by atoms with Gasteiger partial charge in [0.25, 0.3) is 0 Å². The molecule has 2 rings (SSSR count). The van der Waals surface area contributed by atoms with Crippen molar-refractivity contribution in [2.24, 2.45) is 0 Å². The van der Waals surface area contributed by atoms with E-state index in [-0.39, 0.29) is 5.91 Å². The Morgan fingerprint density at radius 2 is 1.81 bits per heavy atom. The zero-order valence-corrected chi connectivity index (χ0v) is 14.3. The maximum atomic E-state index is 11.3. The van der Waals surface area contributed by atoms with Gasteiger partial charge in [-0.25, -0.2) is 0 Å². The Kier molecular flexibility index (Phi) is 8.23. The van der Waals surface area contributed by atoms with Gasteiger partial charge in [-0.2, -0.15) is 0 Å². The summed E-state index contributed by atoms with van der Waals surface area (Å²) in [6.07, 6.45) is 2.10. The van der Waals surface area contributed by atoms with Crippen LogP contribution in [0, 0.1) is 0 Å². The molecule has 4 nitrogen and oxygen atoms in total. The lowest BCUT2D eigenvalue weighted by Crippen LogP contribution is -2.48. The molecule has 1 fully saturated rings. The molecule has 118 valence electrons. The maximum Gasteiger partial charge on any atom is 0.219 e. The molecule has 0 saturated carbocycles. The first kappa shape index (κ1) is 17.9. The Labute approximate surface area is 132 Å². The molecule has 5 heteroatoms. The van der Waals surface area contributed by atoms with Crippen molar-refractivity contribution >= 4 is 23.4 Å². The van der Waals surface area contributed by atoms with Crippen LogP contribution in [-0.2, 0) is 9.53 Å². The topological polar surface area (TPSA) is 32.8 Å². The van der Waals surface area contributed by atoms with Crippen LogP contribution in [0.2, 0.25) is 0 Å². The average Bonchev–Trinajstić information content (AvgIpc) is 2.55. The highest BCUT2D eigenvalue weighted by Crippen LogP contribution is 2.28. The number of nitrogens with zero attached hydrogens (tertiary/aromatic N) is 2. The summed E-state index contributed by atoms with van der Waals surface area (Å²) < 4.78 is 4.54. The number of benzene rings is 1. The standard InChI is InChI=1S/C13H18N2OS.C3H8O/c1-11(16)14-7-9-15(10-8-14)12-5-3-4-6-13(12)17-2;1-3-4-2/h3-6H,7-10H2,1-2H3;3H2,1-2H3. The Bertz CT molecular complexity index is 430. The number of anilines is 1. The largest absolute Gasteiger partial charge is 0.385 e. The molecular weight excluding hydrogens is 284 g/mol. The molecule has 0 bridgehead atoms. The van der Waals surface area contributed by atoms with Crippen LogP contribution in [0.5, 0.6) is 0 Å². The fourth-order valence-corrected chi connectivity index (χ4v) is 2.77. The van der Waals surface area contributed by atoms with E-state index in [2.05, 4.69) is 40.2 Å². The highest BCUT2D eigenvalue weighted by molar-refractivity contribution is 7.98. The minimum Gasteiger partial charge on any atom is -0.385 e. The molecule has 0 atom stereocenters. The van der Waals surface area contributed by atoms with Crippen LogP contribution in [0.25, 0.3) is 0 Å². The molecule has 0 unspecified atom stereocenters. The van der Waals surface area contributed by atoms with Crippen LogP contribution in [0.1, 0.15) is 13.8 Å². The zero-order valence-electron chi connectivity index (χ0n) is 13.5. The van der Waals surface area contributed by atoms with Crippen LogP contribution in [0.4, 0.5) is 5.69 Å². The van der Waals surface area contributed by atoms with Crippen molar-refractivity contribution in [2.75, 3.05) is 51.1 Å². The Morgan fingerprint density at radius 1 is 1.24 bits per heavy atom. The summed E-state index contributed by atoms with van der Waals surface area (Å²) in [4.78, 5) is 16.9. The van der Waals surface area contributed by atoms with Gasteiger partial charge in [-0.3, -0.25) is 4.79 Å². The van der Waals surface area contributed by atoms with Crippen molar-refractivity contribution < 1.29 is 9.53 Å². The first-order valence-corrected chi connectivity index (χ1v) is 8.48. The molecule has 1 aliphatic rings. The number of carbonyl (C=O) groups is 1. The monoisotopic (exact) mass is 310 g/mol. The summed E-state index contributed by atoms with van der Waals surface area (Å²) in [7, 11) is 1.68. The minimum atomic E-state index is 0.183. The number of carbonyl (C=O) groups excluding carboxylic acids is 1. The van der Waals surface area contributed by atoms with Gasteiger partial charge >= 0.3 is 0 Å². The van der Waals surface area contributed by atoms with Gasteiger partial charge in [0.05, 0.1) is 5.69 Å². The van der Waals surface area contributed by atoms with Gasteiger partial charge in [-0.15, -0.1) is 11.8 Å². The molecule has 1 aromatic carbocycles. The molecule has 1 aromatic rings. The lowest BCUT2D eigenvalue weighted by molar-refractivity contribution is -0.129. The predicted octanol–water partition coefficient (Wildman–Crippen LogP) is 2.73. The first-order valence-electron chi connectivity index (χ1n) is 7.26. The highest BCUT2D eigenvalue weighted by Gasteiger charge is 2.19. The van der Waals surface area contributed by atoms with Gasteiger partial charge in [0, 0.05) is 51.7 Å². The van der Waals surface area contributed by atoms with Crippen LogP contribution >= 0.6 is 11.8 Å². The summed E-state index contributed by atoms with van der Waals surface area (Å²) >= 11 is 1.77. The summed E-state index contributed by atoms with van der Waals surface area (Å²) in [6.45, 7) is 7.94. The van der Waals surface area contributed by atoms with Gasteiger partial charge in [0.2, 0.25) is 5.91 Å². The molecule has 0 spiro atoms. The molecule has 21 heavy (non-hydrogen) atoms. The molecule has 1 heterocycles. The van der Waals surface area contributed by atoms with E-state index in [1.165, 1.54) is 10.6 Å². The van der Waals surface area contributed by atoms with E-state index < -0.39 is 0 Å². The number of piperazine rings is 1. The summed E-state index contributed by atoms with van der Waals surface area (Å²) in [5.41, 5.74) is 1.29. The van der Waals surface area contributed by atoms with Crippen molar-refractivity contribution in [1.82, 2.24) is 4.90 Å². The van der Waals surface area contributed by atoms with E-state index in [9.17, 15) is 4.79 Å². The highest BCUT2D eigenvalue weighted by atomic mass is 32.2. The number of methoxy groups -OCH3 is 1. The smallest absolute Gasteiger partial charge is 0.219 e. The number of ether oxygens (including phenoxy) is 1. The molecular formula is C16H26N2O2S. The normalized spacial score (nSPS) is 14.5. The lowest BCUT2D eigenvalue weighted by Gasteiger charge is -2.36. The SMILES string of the molecule is CCOC.CSc1ccccc1N1CCN(C(C)=O)CC1. The second-order valence-corrected chi connectivity index (χ2v) is 5.59. The van der Waals surface area contributed by atoms with Crippen LogP contribution in [0.15, 0.2) is 29.2 Å². The van der Waals surface area contributed by atoms with Crippen molar-refractivity contribution in [1.29, 1.82) is 0 Å². The van der Waals surface area contributed by atoms with E-state index in [0.717, 1.165) is 32.8 Å². The molecule has 1 amide bonds. The number of rotatable bonds is 3. The van der Waals surface area contributed by atoms with E-state index in [4.69, 9.17) is 0 Å². The third-order valence-corrected chi connectivity index (χ3v) is 4.22. The zero-order chi connectivity index (χ0) is 15.7. The lowest BCUT2D eigenvalue weighted by atomic mass is 10.2. The molecule has 0 aromatic heterocycles. The third-order valence-electron chi connectivity index (χ3n) is 3.44. The van der Waals surface area contributed by atoms with Crippen molar-refractivity contribution in [2.45, 2.75) is 18.7 Å². The molecule has 0 N–H and O–H groups in total.